The SMILES string of the molecule is C#CCCCC(=O)C1CC2CCC1N2. The number of fused-ring (bicyclic) bond motifs is 2. The fraction of sp³-hybridized carbons (Fsp3) is 0.750. The highest BCUT2D eigenvalue weighted by Gasteiger charge is 2.41. The molecule has 0 aliphatic carbocycles. The van der Waals surface area contributed by atoms with Crippen molar-refractivity contribution >= 4 is 5.78 Å². The number of ketones is 1. The average molecular weight is 191 g/mol. The summed E-state index contributed by atoms with van der Waals surface area (Å²) < 4.78 is 0. The second kappa shape index (κ2) is 4.14. The van der Waals surface area contributed by atoms with E-state index in [1.807, 2.05) is 0 Å². The first-order valence-corrected chi connectivity index (χ1v) is 5.53. The molecule has 2 rings (SSSR count). The number of hydrogen-bond acceptors (Lipinski definition) is 2. The van der Waals surface area contributed by atoms with Crippen molar-refractivity contribution in [1.82, 2.24) is 5.32 Å². The molecular formula is C12H17NO. The standard InChI is InChI=1S/C12H17NO/c1-2-3-4-5-12(14)10-8-9-6-7-11(10)13-9/h1,9-11,13H,3-8H2. The molecule has 76 valence electrons. The highest BCUT2D eigenvalue weighted by molar-refractivity contribution is 5.82. The largest absolute Gasteiger partial charge is 0.310 e. The van der Waals surface area contributed by atoms with Gasteiger partial charge in [-0.1, -0.05) is 0 Å². The molecule has 2 heterocycles. The van der Waals surface area contributed by atoms with Crippen LogP contribution in [0.3, 0.4) is 0 Å². The van der Waals surface area contributed by atoms with E-state index in [9.17, 15) is 4.79 Å². The Hall–Kier alpha value is -0.810. The zero-order valence-electron chi connectivity index (χ0n) is 8.46. The summed E-state index contributed by atoms with van der Waals surface area (Å²) in [5, 5.41) is 3.49. The molecule has 3 unspecified atom stereocenters. The summed E-state index contributed by atoms with van der Waals surface area (Å²) in [5.74, 6) is 3.31. The van der Waals surface area contributed by atoms with E-state index in [4.69, 9.17) is 6.42 Å². The molecule has 2 bridgehead atoms. The molecule has 14 heavy (non-hydrogen) atoms. The van der Waals surface area contributed by atoms with Crippen LogP contribution in [0.1, 0.15) is 38.5 Å². The van der Waals surface area contributed by atoms with Crippen LogP contribution in [0, 0.1) is 18.3 Å². The van der Waals surface area contributed by atoms with Crippen molar-refractivity contribution in [3.63, 3.8) is 0 Å². The van der Waals surface area contributed by atoms with E-state index in [0.717, 1.165) is 19.3 Å². The number of rotatable bonds is 4. The van der Waals surface area contributed by atoms with Crippen LogP contribution in [0.5, 0.6) is 0 Å². The van der Waals surface area contributed by atoms with Gasteiger partial charge < -0.3 is 5.32 Å². The summed E-state index contributed by atoms with van der Waals surface area (Å²) in [4.78, 5) is 11.8. The minimum atomic E-state index is 0.298. The predicted octanol–water partition coefficient (Wildman–Crippen LogP) is 1.50. The zero-order valence-corrected chi connectivity index (χ0v) is 8.46. The minimum Gasteiger partial charge on any atom is -0.310 e. The summed E-state index contributed by atoms with van der Waals surface area (Å²) in [6, 6.07) is 1.11. The van der Waals surface area contributed by atoms with Crippen LogP contribution in [-0.2, 0) is 4.79 Å². The van der Waals surface area contributed by atoms with Crippen LogP contribution in [-0.4, -0.2) is 17.9 Å². The molecule has 0 aromatic heterocycles. The van der Waals surface area contributed by atoms with E-state index < -0.39 is 0 Å². The van der Waals surface area contributed by atoms with Crippen LogP contribution in [0.15, 0.2) is 0 Å². The first-order chi connectivity index (χ1) is 6.81. The Morgan fingerprint density at radius 3 is 2.93 bits per heavy atom. The van der Waals surface area contributed by atoms with Gasteiger partial charge in [0.1, 0.15) is 5.78 Å². The van der Waals surface area contributed by atoms with Crippen LogP contribution in [0.4, 0.5) is 0 Å². The van der Waals surface area contributed by atoms with Gasteiger partial charge in [-0.05, 0) is 25.7 Å². The fourth-order valence-corrected chi connectivity index (χ4v) is 2.73. The minimum absolute atomic E-state index is 0.298. The van der Waals surface area contributed by atoms with Crippen LogP contribution >= 0.6 is 0 Å². The van der Waals surface area contributed by atoms with Crippen molar-refractivity contribution in [2.24, 2.45) is 5.92 Å². The van der Waals surface area contributed by atoms with E-state index in [0.29, 0.717) is 30.2 Å². The van der Waals surface area contributed by atoms with Crippen molar-refractivity contribution in [3.05, 3.63) is 0 Å². The quantitative estimate of drug-likeness (QED) is 0.539. The topological polar surface area (TPSA) is 29.1 Å². The molecule has 0 aromatic carbocycles. The monoisotopic (exact) mass is 191 g/mol. The number of hydrogen-bond donors (Lipinski definition) is 1. The van der Waals surface area contributed by atoms with E-state index in [2.05, 4.69) is 11.2 Å². The zero-order chi connectivity index (χ0) is 9.97. The number of terminal acetylenes is 1. The third-order valence-electron chi connectivity index (χ3n) is 3.46. The number of Topliss-reactive ketones (excluding diaryl/α,β-unsaturated/α-hetero) is 1. The maximum absolute atomic E-state index is 11.8. The lowest BCUT2D eigenvalue weighted by Crippen LogP contribution is -2.28. The number of carbonyl (C=O) groups excluding carboxylic acids is 1. The summed E-state index contributed by atoms with van der Waals surface area (Å²) in [5.41, 5.74) is 0. The van der Waals surface area contributed by atoms with Gasteiger partial charge in [0.05, 0.1) is 0 Å². The predicted molar refractivity (Wildman–Crippen MR) is 55.7 cm³/mol. The van der Waals surface area contributed by atoms with Crippen LogP contribution in [0.25, 0.3) is 0 Å². The number of carbonyl (C=O) groups is 1. The first-order valence-electron chi connectivity index (χ1n) is 5.53. The molecule has 2 saturated heterocycles. The average Bonchev–Trinajstić information content (AvgIpc) is 2.79. The van der Waals surface area contributed by atoms with Crippen molar-refractivity contribution in [1.29, 1.82) is 0 Å². The molecule has 2 aliphatic rings. The molecule has 1 N–H and O–H groups in total. The molecule has 2 heteroatoms. The second-order valence-electron chi connectivity index (χ2n) is 4.41. The molecular weight excluding hydrogens is 174 g/mol. The lowest BCUT2D eigenvalue weighted by molar-refractivity contribution is -0.123. The molecule has 2 fully saturated rings. The molecule has 2 aliphatic heterocycles. The lowest BCUT2D eigenvalue weighted by Gasteiger charge is -2.18. The fourth-order valence-electron chi connectivity index (χ4n) is 2.73. The van der Waals surface area contributed by atoms with Crippen LogP contribution in [0.2, 0.25) is 0 Å². The smallest absolute Gasteiger partial charge is 0.137 e. The Morgan fingerprint density at radius 2 is 2.36 bits per heavy atom. The molecule has 0 spiro atoms. The van der Waals surface area contributed by atoms with Gasteiger partial charge >= 0.3 is 0 Å². The van der Waals surface area contributed by atoms with Gasteiger partial charge in [-0.15, -0.1) is 12.3 Å². The normalized spacial score (nSPS) is 34.4. The van der Waals surface area contributed by atoms with E-state index in [1.165, 1.54) is 12.8 Å². The first kappa shape index (κ1) is 9.73. The molecule has 0 radical (unpaired) electrons. The Kier molecular flexibility index (Phi) is 2.88. The van der Waals surface area contributed by atoms with Gasteiger partial charge in [-0.25, -0.2) is 0 Å². The molecule has 2 nitrogen and oxygen atoms in total. The van der Waals surface area contributed by atoms with E-state index in [-0.39, 0.29) is 0 Å². The van der Waals surface area contributed by atoms with Gasteiger partial charge in [0, 0.05) is 30.8 Å². The molecule has 0 saturated carbocycles. The maximum Gasteiger partial charge on any atom is 0.137 e. The summed E-state index contributed by atoms with van der Waals surface area (Å²) in [6.07, 6.45) is 11.0. The number of nitrogens with one attached hydrogen (secondary N) is 1. The highest BCUT2D eigenvalue weighted by Crippen LogP contribution is 2.34. The van der Waals surface area contributed by atoms with Gasteiger partial charge in [0.15, 0.2) is 0 Å². The van der Waals surface area contributed by atoms with Gasteiger partial charge in [0.2, 0.25) is 0 Å². The summed E-state index contributed by atoms with van der Waals surface area (Å²) in [6.45, 7) is 0. The Bertz CT molecular complexity index is 266. The second-order valence-corrected chi connectivity index (χ2v) is 4.41. The summed E-state index contributed by atoms with van der Waals surface area (Å²) in [7, 11) is 0. The summed E-state index contributed by atoms with van der Waals surface area (Å²) >= 11 is 0. The molecule has 0 aromatic rings. The maximum atomic E-state index is 11.8. The molecule has 3 atom stereocenters. The van der Waals surface area contributed by atoms with Gasteiger partial charge in [0.25, 0.3) is 0 Å². The van der Waals surface area contributed by atoms with Crippen molar-refractivity contribution < 1.29 is 4.79 Å². The Balaban J connectivity index is 1.79. The lowest BCUT2D eigenvalue weighted by atomic mass is 9.84. The third kappa shape index (κ3) is 1.83. The van der Waals surface area contributed by atoms with Crippen molar-refractivity contribution in [2.45, 2.75) is 50.6 Å². The molecule has 0 amide bonds. The van der Waals surface area contributed by atoms with Gasteiger partial charge in [-0.2, -0.15) is 0 Å². The van der Waals surface area contributed by atoms with Gasteiger partial charge in [-0.3, -0.25) is 4.79 Å². The Morgan fingerprint density at radius 1 is 1.50 bits per heavy atom. The van der Waals surface area contributed by atoms with E-state index in [1.54, 1.807) is 0 Å². The van der Waals surface area contributed by atoms with Crippen LogP contribution < -0.4 is 5.32 Å². The van der Waals surface area contributed by atoms with Crippen molar-refractivity contribution in [2.75, 3.05) is 0 Å². The Labute approximate surface area is 85.5 Å². The number of unbranched alkanes of at least 4 members (excludes halogenated alkanes) is 1. The van der Waals surface area contributed by atoms with Crippen molar-refractivity contribution in [3.8, 4) is 12.3 Å². The highest BCUT2D eigenvalue weighted by atomic mass is 16.1. The van der Waals surface area contributed by atoms with E-state index >= 15 is 0 Å². The third-order valence-corrected chi connectivity index (χ3v) is 3.46.